The molecular weight excluding hydrogens is 398 g/mol. The molecule has 2 N–H and O–H groups in total. The van der Waals surface area contributed by atoms with E-state index < -0.39 is 11.2 Å². The first kappa shape index (κ1) is 20.0. The Balaban J connectivity index is 1.61. The molecule has 0 unspecified atom stereocenters. The number of benzene rings is 1. The van der Waals surface area contributed by atoms with Crippen LogP contribution in [0.3, 0.4) is 0 Å². The van der Waals surface area contributed by atoms with Gasteiger partial charge in [0.2, 0.25) is 0 Å². The number of ether oxygens (including phenoxy) is 1. The number of carbonyl (C=O) groups excluding carboxylic acids is 1. The quantitative estimate of drug-likeness (QED) is 0.480. The predicted octanol–water partition coefficient (Wildman–Crippen LogP) is 2.13. The van der Waals surface area contributed by atoms with Gasteiger partial charge in [-0.3, -0.25) is 9.78 Å². The first-order chi connectivity index (χ1) is 14.9. The van der Waals surface area contributed by atoms with Gasteiger partial charge in [-0.2, -0.15) is 5.10 Å². The molecule has 0 aliphatic rings. The van der Waals surface area contributed by atoms with E-state index in [0.29, 0.717) is 23.5 Å². The summed E-state index contributed by atoms with van der Waals surface area (Å²) in [6.45, 7) is 2.46. The average Bonchev–Trinajstić information content (AvgIpc) is 3.22. The van der Waals surface area contributed by atoms with Gasteiger partial charge in [-0.05, 0) is 36.8 Å². The summed E-state index contributed by atoms with van der Waals surface area (Å²) in [5, 5.41) is 8.27. The Hall–Kier alpha value is -4.27. The second kappa shape index (κ2) is 8.23. The zero-order valence-corrected chi connectivity index (χ0v) is 16.9. The van der Waals surface area contributed by atoms with Crippen molar-refractivity contribution in [3.63, 3.8) is 0 Å². The molecule has 0 bridgehead atoms. The summed E-state index contributed by atoms with van der Waals surface area (Å²) >= 11 is 0. The minimum atomic E-state index is -0.578. The largest absolute Gasteiger partial charge is 0.465 e. The van der Waals surface area contributed by atoms with Gasteiger partial charge in [0.05, 0.1) is 23.9 Å². The highest BCUT2D eigenvalue weighted by molar-refractivity contribution is 5.89. The first-order valence-corrected chi connectivity index (χ1v) is 9.44. The smallest absolute Gasteiger partial charge is 0.337 e. The summed E-state index contributed by atoms with van der Waals surface area (Å²) in [6.07, 6.45) is 5.24. The molecule has 0 amide bonds. The number of nitrogens with one attached hydrogen (secondary N) is 2. The first-order valence-electron chi connectivity index (χ1n) is 9.44. The molecule has 156 valence electrons. The number of rotatable bonds is 5. The molecule has 0 aliphatic heterocycles. The molecule has 1 aromatic carbocycles. The zero-order valence-electron chi connectivity index (χ0n) is 16.9. The number of nitrogens with zero attached hydrogens (tertiary/aromatic N) is 3. The monoisotopic (exact) mass is 417 g/mol. The van der Waals surface area contributed by atoms with E-state index in [9.17, 15) is 14.4 Å². The Morgan fingerprint density at radius 1 is 1.10 bits per heavy atom. The third kappa shape index (κ3) is 4.20. The number of H-pyrrole nitrogens is 2. The van der Waals surface area contributed by atoms with E-state index in [2.05, 4.69) is 20.2 Å². The summed E-state index contributed by atoms with van der Waals surface area (Å²) in [5.41, 5.74) is 3.48. The van der Waals surface area contributed by atoms with Gasteiger partial charge in [0, 0.05) is 36.3 Å². The lowest BCUT2D eigenvalue weighted by atomic mass is 10.1. The zero-order chi connectivity index (χ0) is 22.0. The van der Waals surface area contributed by atoms with Crippen LogP contribution < -0.4 is 11.2 Å². The van der Waals surface area contributed by atoms with Gasteiger partial charge in [-0.25, -0.2) is 9.59 Å². The second-order valence-corrected chi connectivity index (χ2v) is 6.98. The fourth-order valence-corrected chi connectivity index (χ4v) is 3.25. The van der Waals surface area contributed by atoms with Gasteiger partial charge >= 0.3 is 11.7 Å². The Morgan fingerprint density at radius 2 is 1.87 bits per heavy atom. The van der Waals surface area contributed by atoms with Crippen molar-refractivity contribution in [3.05, 3.63) is 92.6 Å². The van der Waals surface area contributed by atoms with Crippen LogP contribution in [-0.2, 0) is 11.3 Å². The van der Waals surface area contributed by atoms with Gasteiger partial charge in [0.15, 0.2) is 0 Å². The van der Waals surface area contributed by atoms with E-state index in [1.807, 2.05) is 42.1 Å². The van der Waals surface area contributed by atoms with Gasteiger partial charge in [0.25, 0.3) is 5.56 Å². The fourth-order valence-electron chi connectivity index (χ4n) is 3.25. The lowest BCUT2D eigenvalue weighted by Gasteiger charge is -2.06. The molecule has 0 radical (unpaired) electrons. The Labute approximate surface area is 176 Å². The Bertz CT molecular complexity index is 1370. The number of esters is 1. The number of aryl methyl sites for hydroxylation is 1. The van der Waals surface area contributed by atoms with Gasteiger partial charge < -0.3 is 14.3 Å². The minimum absolute atomic E-state index is 0.235. The Kier molecular flexibility index (Phi) is 5.31. The summed E-state index contributed by atoms with van der Waals surface area (Å²) in [5.74, 6) is -0.368. The van der Waals surface area contributed by atoms with Gasteiger partial charge in [0.1, 0.15) is 5.69 Å². The van der Waals surface area contributed by atoms with Crippen molar-refractivity contribution in [1.29, 1.82) is 0 Å². The molecule has 0 saturated heterocycles. The Morgan fingerprint density at radius 3 is 2.58 bits per heavy atom. The molecular formula is C22H19N5O4. The highest BCUT2D eigenvalue weighted by Gasteiger charge is 2.12. The number of aromatic nitrogens is 5. The van der Waals surface area contributed by atoms with E-state index >= 15 is 0 Å². The summed E-state index contributed by atoms with van der Waals surface area (Å²) in [7, 11) is 1.35. The van der Waals surface area contributed by atoms with Gasteiger partial charge in [-0.1, -0.05) is 12.1 Å². The fraction of sp³-hybridized carbons (Fsp3) is 0.136. The molecule has 4 aromatic rings. The lowest BCUT2D eigenvalue weighted by Crippen LogP contribution is -2.22. The van der Waals surface area contributed by atoms with Crippen LogP contribution in [0.5, 0.6) is 0 Å². The maximum Gasteiger partial charge on any atom is 0.337 e. The maximum absolute atomic E-state index is 12.1. The summed E-state index contributed by atoms with van der Waals surface area (Å²) in [4.78, 5) is 39.6. The van der Waals surface area contributed by atoms with Crippen molar-refractivity contribution in [2.75, 3.05) is 7.11 Å². The number of methoxy groups -OCH3 is 1. The normalized spacial score (nSPS) is 10.8. The number of hydrogen-bond acceptors (Lipinski definition) is 6. The molecule has 3 aromatic heterocycles. The van der Waals surface area contributed by atoms with E-state index in [4.69, 9.17) is 4.74 Å². The van der Waals surface area contributed by atoms with Crippen molar-refractivity contribution < 1.29 is 9.53 Å². The molecule has 0 aliphatic carbocycles. The molecule has 9 heteroatoms. The van der Waals surface area contributed by atoms with E-state index in [0.717, 1.165) is 16.7 Å². The van der Waals surface area contributed by atoms with Crippen LogP contribution in [-0.4, -0.2) is 37.8 Å². The van der Waals surface area contributed by atoms with Crippen molar-refractivity contribution in [3.8, 4) is 22.4 Å². The molecule has 0 fully saturated rings. The molecule has 31 heavy (non-hydrogen) atoms. The van der Waals surface area contributed by atoms with Gasteiger partial charge in [-0.15, -0.1) is 5.10 Å². The average molecular weight is 417 g/mol. The highest BCUT2D eigenvalue weighted by atomic mass is 16.5. The van der Waals surface area contributed by atoms with Crippen molar-refractivity contribution in [2.45, 2.75) is 13.5 Å². The predicted molar refractivity (Wildman–Crippen MR) is 114 cm³/mol. The van der Waals surface area contributed by atoms with Crippen LogP contribution in [0.25, 0.3) is 22.4 Å². The van der Waals surface area contributed by atoms with Crippen molar-refractivity contribution in [2.24, 2.45) is 0 Å². The standard InChI is InChI=1S/C22H19N5O4/c1-13-17(9-19(26-25-13)18-10-23-22(30)24-20(18)28)16-7-8-27(12-16)11-14-3-5-15(6-4-14)21(29)31-2/h3-10,12H,11H2,1-2H3,(H2,23,24,28,30). The summed E-state index contributed by atoms with van der Waals surface area (Å²) in [6, 6.07) is 11.0. The van der Waals surface area contributed by atoms with Crippen molar-refractivity contribution in [1.82, 2.24) is 24.7 Å². The van der Waals surface area contributed by atoms with E-state index in [1.54, 1.807) is 18.2 Å². The van der Waals surface area contributed by atoms with Crippen LogP contribution >= 0.6 is 0 Å². The number of hydrogen-bond donors (Lipinski definition) is 2. The minimum Gasteiger partial charge on any atom is -0.465 e. The molecule has 3 heterocycles. The molecule has 9 nitrogen and oxygen atoms in total. The lowest BCUT2D eigenvalue weighted by molar-refractivity contribution is 0.0600. The van der Waals surface area contributed by atoms with E-state index in [1.165, 1.54) is 13.3 Å². The third-order valence-electron chi connectivity index (χ3n) is 4.88. The second-order valence-electron chi connectivity index (χ2n) is 6.98. The molecule has 4 rings (SSSR count). The molecule has 0 saturated carbocycles. The highest BCUT2D eigenvalue weighted by Crippen LogP contribution is 2.25. The van der Waals surface area contributed by atoms with E-state index in [-0.39, 0.29) is 11.5 Å². The number of carbonyl (C=O) groups is 1. The van der Waals surface area contributed by atoms with Crippen LogP contribution in [0.4, 0.5) is 0 Å². The van der Waals surface area contributed by atoms with Crippen molar-refractivity contribution >= 4 is 5.97 Å². The SMILES string of the molecule is COC(=O)c1ccc(Cn2ccc(-c3cc(-c4c[nH]c(=O)[nH]c4=O)nnc3C)c2)cc1. The van der Waals surface area contributed by atoms with Crippen LogP contribution in [0, 0.1) is 6.92 Å². The topological polar surface area (TPSA) is 123 Å². The van der Waals surface area contributed by atoms with Crippen LogP contribution in [0.2, 0.25) is 0 Å². The third-order valence-corrected chi connectivity index (χ3v) is 4.88. The molecule has 0 spiro atoms. The number of aromatic amines is 2. The van der Waals surface area contributed by atoms with Crippen LogP contribution in [0.15, 0.2) is 64.6 Å². The maximum atomic E-state index is 12.1. The van der Waals surface area contributed by atoms with Crippen LogP contribution in [0.1, 0.15) is 21.6 Å². The summed E-state index contributed by atoms with van der Waals surface area (Å²) < 4.78 is 6.73. The molecule has 0 atom stereocenters.